The van der Waals surface area contributed by atoms with Crippen LogP contribution in [0.1, 0.15) is 0 Å². The summed E-state index contributed by atoms with van der Waals surface area (Å²) >= 11 is 7.52. The van der Waals surface area contributed by atoms with Crippen molar-refractivity contribution in [3.8, 4) is 12.1 Å². The largest absolute Gasteiger partial charge is 0.275 e. The van der Waals surface area contributed by atoms with Crippen LogP contribution in [0.25, 0.3) is 0 Å². The maximum absolute atomic E-state index is 13.0. The lowest BCUT2D eigenvalue weighted by atomic mass is 10.3. The Hall–Kier alpha value is -1.38. The molecule has 0 aliphatic carbocycles. The predicted molar refractivity (Wildman–Crippen MR) is 66.4 cm³/mol. The predicted octanol–water partition coefficient (Wildman–Crippen LogP) is 2.90. The summed E-state index contributed by atoms with van der Waals surface area (Å²) in [4.78, 5) is 0. The normalized spacial score (nSPS) is 8.81. The van der Waals surface area contributed by atoms with Crippen LogP contribution in [-0.4, -0.2) is 5.71 Å². The van der Waals surface area contributed by atoms with E-state index in [4.69, 9.17) is 22.1 Å². The lowest BCUT2D eigenvalue weighted by molar-refractivity contribution is 0.620. The molecule has 1 rings (SSSR count). The van der Waals surface area contributed by atoms with Gasteiger partial charge in [0, 0.05) is 0 Å². The molecular formula is C9H3ClFIN4. The van der Waals surface area contributed by atoms with Crippen molar-refractivity contribution in [3.63, 3.8) is 0 Å². The smallest absolute Gasteiger partial charge is 0.237 e. The van der Waals surface area contributed by atoms with Gasteiger partial charge in [-0.05, 0) is 34.7 Å². The van der Waals surface area contributed by atoms with Crippen molar-refractivity contribution in [3.05, 3.63) is 26.5 Å². The van der Waals surface area contributed by atoms with Crippen LogP contribution in [0.3, 0.4) is 0 Å². The quantitative estimate of drug-likeness (QED) is 0.387. The summed E-state index contributed by atoms with van der Waals surface area (Å²) in [6.45, 7) is 0. The highest BCUT2D eigenvalue weighted by Crippen LogP contribution is 2.26. The molecule has 7 heteroatoms. The third kappa shape index (κ3) is 3.05. The van der Waals surface area contributed by atoms with E-state index < -0.39 is 5.82 Å². The standard InChI is InChI=1S/C9H3ClFIN4/c10-6-1-7(11)8(12)2-9(6)16-15-5(3-13)4-14/h1-2,16H. The summed E-state index contributed by atoms with van der Waals surface area (Å²) in [6.07, 6.45) is 0. The van der Waals surface area contributed by atoms with Crippen molar-refractivity contribution < 1.29 is 4.39 Å². The number of benzene rings is 1. The van der Waals surface area contributed by atoms with E-state index in [2.05, 4.69) is 10.5 Å². The van der Waals surface area contributed by atoms with Gasteiger partial charge in [0.1, 0.15) is 18.0 Å². The molecule has 80 valence electrons. The zero-order valence-corrected chi connectivity index (χ0v) is 10.5. The Morgan fingerprint density at radius 3 is 2.62 bits per heavy atom. The Labute approximate surface area is 109 Å². The molecule has 0 aliphatic heterocycles. The minimum atomic E-state index is -0.444. The van der Waals surface area contributed by atoms with Crippen LogP contribution in [0.5, 0.6) is 0 Å². The molecule has 4 nitrogen and oxygen atoms in total. The first-order valence-corrected chi connectivity index (χ1v) is 5.32. The van der Waals surface area contributed by atoms with Crippen molar-refractivity contribution in [1.82, 2.24) is 0 Å². The zero-order chi connectivity index (χ0) is 12.1. The number of nitrogens with one attached hydrogen (secondary N) is 1. The Balaban J connectivity index is 3.01. The highest BCUT2D eigenvalue weighted by atomic mass is 127. The molecule has 1 N–H and O–H groups in total. The fraction of sp³-hybridized carbons (Fsp3) is 0. The molecule has 0 atom stereocenters. The highest BCUT2D eigenvalue weighted by Gasteiger charge is 2.06. The number of hydrogen-bond acceptors (Lipinski definition) is 4. The maximum atomic E-state index is 13.0. The molecule has 1 aromatic carbocycles. The van der Waals surface area contributed by atoms with E-state index in [1.165, 1.54) is 6.07 Å². The average Bonchev–Trinajstić information content (AvgIpc) is 2.26. The minimum absolute atomic E-state index is 0.122. The van der Waals surface area contributed by atoms with Gasteiger partial charge in [-0.25, -0.2) is 4.39 Å². The van der Waals surface area contributed by atoms with E-state index in [9.17, 15) is 4.39 Å². The summed E-state index contributed by atoms with van der Waals surface area (Å²) in [7, 11) is 0. The molecule has 0 aliphatic rings. The van der Waals surface area contributed by atoms with Crippen LogP contribution in [0, 0.1) is 32.0 Å². The number of nitrogens with zero attached hydrogens (tertiary/aromatic N) is 3. The summed E-state index contributed by atoms with van der Waals surface area (Å²) in [5, 5.41) is 20.5. The van der Waals surface area contributed by atoms with Gasteiger partial charge in [-0.3, -0.25) is 5.43 Å². The first kappa shape index (κ1) is 12.7. The minimum Gasteiger partial charge on any atom is -0.275 e. The second kappa shape index (κ2) is 5.64. The highest BCUT2D eigenvalue weighted by molar-refractivity contribution is 14.1. The van der Waals surface area contributed by atoms with Gasteiger partial charge < -0.3 is 0 Å². The number of rotatable bonds is 2. The van der Waals surface area contributed by atoms with Crippen molar-refractivity contribution >= 4 is 45.6 Å². The van der Waals surface area contributed by atoms with E-state index in [-0.39, 0.29) is 10.7 Å². The fourth-order valence-electron chi connectivity index (χ4n) is 0.799. The number of halogens is 3. The van der Waals surface area contributed by atoms with Crippen LogP contribution >= 0.6 is 34.2 Å². The van der Waals surface area contributed by atoms with Crippen molar-refractivity contribution in [2.45, 2.75) is 0 Å². The number of hydrazone groups is 1. The molecule has 0 amide bonds. The third-order valence-electron chi connectivity index (χ3n) is 1.51. The molecule has 1 aromatic rings. The Morgan fingerprint density at radius 2 is 2.06 bits per heavy atom. The van der Waals surface area contributed by atoms with Gasteiger partial charge in [-0.2, -0.15) is 15.6 Å². The van der Waals surface area contributed by atoms with Gasteiger partial charge in [0.15, 0.2) is 0 Å². The number of anilines is 1. The Kier molecular flexibility index (Phi) is 4.47. The molecule has 0 bridgehead atoms. The fourth-order valence-corrected chi connectivity index (χ4v) is 1.46. The summed E-state index contributed by atoms with van der Waals surface area (Å²) < 4.78 is 13.4. The van der Waals surface area contributed by atoms with Crippen LogP contribution < -0.4 is 5.43 Å². The van der Waals surface area contributed by atoms with Gasteiger partial charge in [-0.1, -0.05) is 11.6 Å². The van der Waals surface area contributed by atoms with Crippen LogP contribution in [0.2, 0.25) is 5.02 Å². The van der Waals surface area contributed by atoms with E-state index in [0.29, 0.717) is 9.26 Å². The van der Waals surface area contributed by atoms with Crippen LogP contribution in [-0.2, 0) is 0 Å². The van der Waals surface area contributed by atoms with Gasteiger partial charge in [0.2, 0.25) is 5.71 Å². The molecule has 0 saturated carbocycles. The number of hydrogen-bond donors (Lipinski definition) is 1. The monoisotopic (exact) mass is 348 g/mol. The Morgan fingerprint density at radius 1 is 1.44 bits per heavy atom. The zero-order valence-electron chi connectivity index (χ0n) is 7.63. The van der Waals surface area contributed by atoms with Gasteiger partial charge in [-0.15, -0.1) is 0 Å². The SMILES string of the molecule is N#CC(C#N)=NNc1cc(I)c(F)cc1Cl. The first-order chi connectivity index (χ1) is 7.58. The van der Waals surface area contributed by atoms with Gasteiger partial charge >= 0.3 is 0 Å². The molecule has 0 heterocycles. The summed E-state index contributed by atoms with van der Waals surface area (Å²) in [6, 6.07) is 5.70. The topological polar surface area (TPSA) is 72.0 Å². The molecule has 0 unspecified atom stereocenters. The summed E-state index contributed by atoms with van der Waals surface area (Å²) in [5.41, 5.74) is 2.41. The van der Waals surface area contributed by atoms with Gasteiger partial charge in [0.25, 0.3) is 0 Å². The number of nitriles is 2. The van der Waals surface area contributed by atoms with Crippen molar-refractivity contribution in [1.29, 1.82) is 10.5 Å². The summed E-state index contributed by atoms with van der Waals surface area (Å²) in [5.74, 6) is -0.444. The van der Waals surface area contributed by atoms with E-state index in [0.717, 1.165) is 6.07 Å². The molecule has 0 saturated heterocycles. The molecule has 0 aromatic heterocycles. The second-order valence-electron chi connectivity index (χ2n) is 2.54. The van der Waals surface area contributed by atoms with E-state index in [1.807, 2.05) is 0 Å². The molecule has 16 heavy (non-hydrogen) atoms. The van der Waals surface area contributed by atoms with Crippen molar-refractivity contribution in [2.24, 2.45) is 5.10 Å². The molecule has 0 radical (unpaired) electrons. The van der Waals surface area contributed by atoms with Crippen LogP contribution in [0.4, 0.5) is 10.1 Å². The molecule has 0 fully saturated rings. The second-order valence-corrected chi connectivity index (χ2v) is 4.11. The maximum Gasteiger partial charge on any atom is 0.237 e. The third-order valence-corrected chi connectivity index (χ3v) is 2.65. The molecule has 0 spiro atoms. The average molecular weight is 349 g/mol. The lowest BCUT2D eigenvalue weighted by Crippen LogP contribution is -1.98. The van der Waals surface area contributed by atoms with Crippen molar-refractivity contribution in [2.75, 3.05) is 5.43 Å². The van der Waals surface area contributed by atoms with E-state index >= 15 is 0 Å². The molecular weight excluding hydrogens is 345 g/mol. The van der Waals surface area contributed by atoms with Gasteiger partial charge in [0.05, 0.1) is 14.3 Å². The Bertz CT molecular complexity index is 514. The lowest BCUT2D eigenvalue weighted by Gasteiger charge is -2.04. The first-order valence-electron chi connectivity index (χ1n) is 3.87. The van der Waals surface area contributed by atoms with Crippen LogP contribution in [0.15, 0.2) is 17.2 Å². The van der Waals surface area contributed by atoms with E-state index in [1.54, 1.807) is 34.7 Å².